The minimum atomic E-state index is -4.41. The molecular formula is C19H26F3N3O2. The van der Waals surface area contributed by atoms with Crippen LogP contribution in [0.15, 0.2) is 30.5 Å². The molecule has 0 amide bonds. The number of benzene rings is 1. The number of aryl methyl sites for hydroxylation is 1. The number of ether oxygens (including phenoxy) is 1. The highest BCUT2D eigenvalue weighted by Crippen LogP contribution is 2.31. The van der Waals surface area contributed by atoms with E-state index in [0.717, 1.165) is 43.6 Å². The molecule has 0 saturated carbocycles. The number of aromatic nitrogens is 2. The van der Waals surface area contributed by atoms with E-state index >= 15 is 0 Å². The van der Waals surface area contributed by atoms with Gasteiger partial charge in [-0.15, -0.1) is 0 Å². The van der Waals surface area contributed by atoms with Crippen molar-refractivity contribution in [1.29, 1.82) is 0 Å². The number of rotatable bonds is 9. The third-order valence-electron chi connectivity index (χ3n) is 4.08. The van der Waals surface area contributed by atoms with Crippen molar-refractivity contribution < 1.29 is 23.0 Å². The first-order chi connectivity index (χ1) is 12.7. The summed E-state index contributed by atoms with van der Waals surface area (Å²) in [5.41, 5.74) is 0.0737. The minimum absolute atomic E-state index is 0.149. The molecule has 1 aromatic carbocycles. The quantitative estimate of drug-likeness (QED) is 0.666. The van der Waals surface area contributed by atoms with Gasteiger partial charge in [-0.3, -0.25) is 0 Å². The highest BCUT2D eigenvalue weighted by Gasteiger charge is 2.30. The lowest BCUT2D eigenvalue weighted by atomic mass is 10.2. The fourth-order valence-electron chi connectivity index (χ4n) is 2.55. The number of imidazole rings is 1. The first kappa shape index (κ1) is 21.2. The zero-order valence-corrected chi connectivity index (χ0v) is 15.8. The Labute approximate surface area is 157 Å². The smallest absolute Gasteiger partial charge is 0.416 e. The van der Waals surface area contributed by atoms with Gasteiger partial charge in [0.15, 0.2) is 5.82 Å². The van der Waals surface area contributed by atoms with Crippen LogP contribution in [0.5, 0.6) is 5.75 Å². The molecule has 0 aliphatic heterocycles. The van der Waals surface area contributed by atoms with Gasteiger partial charge in [0.25, 0.3) is 6.29 Å². The Balaban J connectivity index is 2.14. The summed E-state index contributed by atoms with van der Waals surface area (Å²) < 4.78 is 45.2. The maximum Gasteiger partial charge on any atom is 0.416 e. The lowest BCUT2D eigenvalue weighted by Gasteiger charge is -2.15. The SMILES string of the molecule is CCCCn1cc(CCN(C)C)nc1C(O)Oc1ccc(C(F)(F)F)cc1. The molecule has 150 valence electrons. The van der Waals surface area contributed by atoms with Gasteiger partial charge >= 0.3 is 6.18 Å². The monoisotopic (exact) mass is 385 g/mol. The summed E-state index contributed by atoms with van der Waals surface area (Å²) in [6.45, 7) is 3.58. The predicted octanol–water partition coefficient (Wildman–Crippen LogP) is 3.88. The normalized spacial score (nSPS) is 13.2. The van der Waals surface area contributed by atoms with Gasteiger partial charge < -0.3 is 19.3 Å². The Kier molecular flexibility index (Phi) is 7.26. The summed E-state index contributed by atoms with van der Waals surface area (Å²) in [5, 5.41) is 10.4. The Morgan fingerprint density at radius 1 is 1.22 bits per heavy atom. The van der Waals surface area contributed by atoms with Crippen LogP contribution in [0.2, 0.25) is 0 Å². The van der Waals surface area contributed by atoms with Crippen molar-refractivity contribution in [2.45, 2.75) is 45.2 Å². The number of hydrogen-bond donors (Lipinski definition) is 1. The van der Waals surface area contributed by atoms with Gasteiger partial charge in [0.05, 0.1) is 11.3 Å². The van der Waals surface area contributed by atoms with Crippen LogP contribution < -0.4 is 4.74 Å². The molecule has 1 unspecified atom stereocenters. The van der Waals surface area contributed by atoms with Crippen LogP contribution in [0.3, 0.4) is 0 Å². The number of aliphatic hydroxyl groups is 1. The van der Waals surface area contributed by atoms with Crippen LogP contribution in [-0.4, -0.2) is 40.2 Å². The van der Waals surface area contributed by atoms with Gasteiger partial charge in [-0.1, -0.05) is 13.3 Å². The van der Waals surface area contributed by atoms with Crippen LogP contribution >= 0.6 is 0 Å². The average Bonchev–Trinajstić information content (AvgIpc) is 3.01. The lowest BCUT2D eigenvalue weighted by molar-refractivity contribution is -0.137. The first-order valence-electron chi connectivity index (χ1n) is 8.93. The third-order valence-corrected chi connectivity index (χ3v) is 4.08. The zero-order valence-electron chi connectivity index (χ0n) is 15.8. The van der Waals surface area contributed by atoms with E-state index in [2.05, 4.69) is 11.9 Å². The van der Waals surface area contributed by atoms with Gasteiger partial charge in [-0.2, -0.15) is 13.2 Å². The molecule has 0 aliphatic rings. The predicted molar refractivity (Wildman–Crippen MR) is 96.4 cm³/mol. The largest absolute Gasteiger partial charge is 0.457 e. The number of nitrogens with zero attached hydrogens (tertiary/aromatic N) is 3. The highest BCUT2D eigenvalue weighted by atomic mass is 19.4. The minimum Gasteiger partial charge on any atom is -0.457 e. The molecule has 2 rings (SSSR count). The van der Waals surface area contributed by atoms with E-state index in [1.165, 1.54) is 12.1 Å². The van der Waals surface area contributed by atoms with Gasteiger partial charge in [-0.05, 0) is 44.8 Å². The molecule has 0 aliphatic carbocycles. The van der Waals surface area contributed by atoms with Crippen molar-refractivity contribution in [3.05, 3.63) is 47.5 Å². The molecule has 1 N–H and O–H groups in total. The van der Waals surface area contributed by atoms with Crippen LogP contribution in [0.25, 0.3) is 0 Å². The van der Waals surface area contributed by atoms with Gasteiger partial charge in [0, 0.05) is 25.7 Å². The summed E-state index contributed by atoms with van der Waals surface area (Å²) >= 11 is 0. The summed E-state index contributed by atoms with van der Waals surface area (Å²) in [4.78, 5) is 6.51. The van der Waals surface area contributed by atoms with Crippen molar-refractivity contribution in [3.63, 3.8) is 0 Å². The van der Waals surface area contributed by atoms with E-state index < -0.39 is 18.0 Å². The highest BCUT2D eigenvalue weighted by molar-refractivity contribution is 5.29. The molecule has 1 atom stereocenters. The third kappa shape index (κ3) is 6.25. The molecule has 27 heavy (non-hydrogen) atoms. The molecule has 2 aromatic rings. The molecule has 0 fully saturated rings. The number of halogens is 3. The lowest BCUT2D eigenvalue weighted by Crippen LogP contribution is -2.15. The second-order valence-corrected chi connectivity index (χ2v) is 6.68. The molecule has 1 aromatic heterocycles. The van der Waals surface area contributed by atoms with Crippen LogP contribution in [0.1, 0.15) is 43.1 Å². The van der Waals surface area contributed by atoms with E-state index in [4.69, 9.17) is 4.74 Å². The van der Waals surface area contributed by atoms with E-state index in [0.29, 0.717) is 12.4 Å². The van der Waals surface area contributed by atoms with Crippen molar-refractivity contribution in [3.8, 4) is 5.75 Å². The maximum absolute atomic E-state index is 12.6. The van der Waals surface area contributed by atoms with E-state index in [1.54, 1.807) is 0 Å². The van der Waals surface area contributed by atoms with Gasteiger partial charge in [0.1, 0.15) is 5.75 Å². The molecular weight excluding hydrogens is 359 g/mol. The van der Waals surface area contributed by atoms with Gasteiger partial charge in [-0.25, -0.2) is 4.98 Å². The first-order valence-corrected chi connectivity index (χ1v) is 8.93. The number of unbranched alkanes of at least 4 members (excludes halogenated alkanes) is 1. The summed E-state index contributed by atoms with van der Waals surface area (Å²) in [5.74, 6) is 0.507. The van der Waals surface area contributed by atoms with Crippen molar-refractivity contribution in [2.24, 2.45) is 0 Å². The standard InChI is InChI=1S/C19H26F3N3O2/c1-4-5-11-25-13-15(10-12-24(2)3)23-17(25)18(26)27-16-8-6-14(7-9-16)19(20,21)22/h6-9,13,18,26H,4-5,10-12H2,1-3H3. The Morgan fingerprint density at radius 2 is 1.89 bits per heavy atom. The number of aliphatic hydroxyl groups excluding tert-OH is 1. The Hall–Kier alpha value is -2.06. The maximum atomic E-state index is 12.6. The van der Waals surface area contributed by atoms with Crippen LogP contribution in [0, 0.1) is 0 Å². The molecule has 1 heterocycles. The fraction of sp³-hybridized carbons (Fsp3) is 0.526. The molecule has 8 heteroatoms. The second-order valence-electron chi connectivity index (χ2n) is 6.68. The molecule has 0 saturated heterocycles. The van der Waals surface area contributed by atoms with Crippen molar-refractivity contribution in [1.82, 2.24) is 14.5 Å². The Morgan fingerprint density at radius 3 is 2.44 bits per heavy atom. The number of likely N-dealkylation sites (N-methyl/N-ethyl adjacent to an activating group) is 1. The fourth-order valence-corrected chi connectivity index (χ4v) is 2.55. The summed E-state index contributed by atoms with van der Waals surface area (Å²) in [6.07, 6.45) is -1.23. The molecule has 5 nitrogen and oxygen atoms in total. The topological polar surface area (TPSA) is 50.5 Å². The number of alkyl halides is 3. The van der Waals surface area contributed by atoms with Crippen molar-refractivity contribution >= 4 is 0 Å². The number of hydrogen-bond acceptors (Lipinski definition) is 4. The summed E-state index contributed by atoms with van der Waals surface area (Å²) in [7, 11) is 3.94. The van der Waals surface area contributed by atoms with E-state index in [1.807, 2.05) is 29.8 Å². The second kappa shape index (κ2) is 9.23. The Bertz CT molecular complexity index is 712. The summed E-state index contributed by atoms with van der Waals surface area (Å²) in [6, 6.07) is 4.24. The molecule has 0 radical (unpaired) electrons. The molecule has 0 bridgehead atoms. The van der Waals surface area contributed by atoms with Crippen LogP contribution in [-0.2, 0) is 19.1 Å². The van der Waals surface area contributed by atoms with E-state index in [9.17, 15) is 18.3 Å². The zero-order chi connectivity index (χ0) is 20.0. The molecule has 0 spiro atoms. The van der Waals surface area contributed by atoms with Crippen LogP contribution in [0.4, 0.5) is 13.2 Å². The van der Waals surface area contributed by atoms with E-state index in [-0.39, 0.29) is 5.75 Å². The van der Waals surface area contributed by atoms with Gasteiger partial charge in [0.2, 0.25) is 0 Å². The van der Waals surface area contributed by atoms with Crippen molar-refractivity contribution in [2.75, 3.05) is 20.6 Å². The average molecular weight is 385 g/mol.